The van der Waals surface area contributed by atoms with Gasteiger partial charge < -0.3 is 19.7 Å². The van der Waals surface area contributed by atoms with Crippen molar-refractivity contribution in [2.45, 2.75) is 6.54 Å². The average molecular weight is 349 g/mol. The Bertz CT molecular complexity index is 828. The van der Waals surface area contributed by atoms with Gasteiger partial charge in [-0.05, 0) is 23.8 Å². The minimum atomic E-state index is -0.331. The number of nitrogens with one attached hydrogen (secondary N) is 1. The molecule has 0 bridgehead atoms. The van der Waals surface area contributed by atoms with Crippen molar-refractivity contribution < 1.29 is 18.7 Å². The normalized spacial score (nSPS) is 15.8. The third kappa shape index (κ3) is 2.63. The van der Waals surface area contributed by atoms with Crippen molar-refractivity contribution in [1.82, 2.24) is 0 Å². The number of ether oxygens (including phenoxy) is 2. The lowest BCUT2D eigenvalue weighted by Crippen LogP contribution is -2.32. The highest BCUT2D eigenvalue weighted by Gasteiger charge is 2.24. The molecule has 2 aliphatic heterocycles. The fourth-order valence-electron chi connectivity index (χ4n) is 2.90. The summed E-state index contributed by atoms with van der Waals surface area (Å²) >= 11 is 6.45. The van der Waals surface area contributed by atoms with E-state index in [9.17, 15) is 9.18 Å². The van der Waals surface area contributed by atoms with Crippen LogP contribution in [0.2, 0.25) is 5.02 Å². The van der Waals surface area contributed by atoms with Gasteiger partial charge >= 0.3 is 0 Å². The summed E-state index contributed by atoms with van der Waals surface area (Å²) < 4.78 is 24.2. The zero-order valence-electron chi connectivity index (χ0n) is 12.6. The first-order valence-corrected chi connectivity index (χ1v) is 7.91. The molecule has 0 fully saturated rings. The number of nitrogens with zero attached hydrogens (tertiary/aromatic N) is 1. The van der Waals surface area contributed by atoms with E-state index in [0.29, 0.717) is 41.9 Å². The molecular weight excluding hydrogens is 335 g/mol. The summed E-state index contributed by atoms with van der Waals surface area (Å²) in [5.74, 6) is 0.524. The van der Waals surface area contributed by atoms with E-state index < -0.39 is 0 Å². The summed E-state index contributed by atoms with van der Waals surface area (Å²) in [6.45, 7) is 1.64. The van der Waals surface area contributed by atoms with Crippen LogP contribution in [0.5, 0.6) is 11.5 Å². The van der Waals surface area contributed by atoms with Crippen LogP contribution in [-0.2, 0) is 11.3 Å². The Labute approximate surface area is 142 Å². The van der Waals surface area contributed by atoms with Crippen molar-refractivity contribution in [3.05, 3.63) is 46.7 Å². The predicted octanol–water partition coefficient (Wildman–Crippen LogP) is 3.21. The largest absolute Gasteiger partial charge is 0.489 e. The second-order valence-corrected chi connectivity index (χ2v) is 6.01. The zero-order valence-corrected chi connectivity index (χ0v) is 13.4. The molecule has 0 radical (unpaired) electrons. The van der Waals surface area contributed by atoms with Crippen LogP contribution in [0.3, 0.4) is 0 Å². The van der Waals surface area contributed by atoms with Gasteiger partial charge in [0, 0.05) is 12.6 Å². The van der Waals surface area contributed by atoms with Crippen LogP contribution in [0.25, 0.3) is 0 Å². The van der Waals surface area contributed by atoms with Crippen LogP contribution in [0.15, 0.2) is 30.3 Å². The van der Waals surface area contributed by atoms with Gasteiger partial charge in [0.05, 0.1) is 17.3 Å². The number of hydrogen-bond donors (Lipinski definition) is 1. The molecule has 0 atom stereocenters. The van der Waals surface area contributed by atoms with Gasteiger partial charge in [0.15, 0.2) is 6.61 Å². The quantitative estimate of drug-likeness (QED) is 0.905. The molecule has 1 N–H and O–H groups in total. The van der Waals surface area contributed by atoms with Crippen molar-refractivity contribution in [2.24, 2.45) is 0 Å². The predicted molar refractivity (Wildman–Crippen MR) is 88.5 cm³/mol. The Balaban J connectivity index is 1.65. The summed E-state index contributed by atoms with van der Waals surface area (Å²) in [6.07, 6.45) is 0. The molecule has 24 heavy (non-hydrogen) atoms. The standard InChI is InChI=1S/C17H14ClFN2O3/c18-16-10(1-4-13-17(16)20-15(22)9-24-13)8-21-5-6-23-14-7-11(19)2-3-12(14)21/h1-4,7H,5-6,8-9H2,(H,20,22). The van der Waals surface area contributed by atoms with E-state index in [0.717, 1.165) is 11.3 Å². The highest BCUT2D eigenvalue weighted by atomic mass is 35.5. The van der Waals surface area contributed by atoms with E-state index in [4.69, 9.17) is 21.1 Å². The Kier molecular flexibility index (Phi) is 3.69. The molecule has 2 aliphatic rings. The number of anilines is 2. The van der Waals surface area contributed by atoms with Crippen LogP contribution >= 0.6 is 11.6 Å². The van der Waals surface area contributed by atoms with Gasteiger partial charge in [0.1, 0.15) is 29.6 Å². The minimum Gasteiger partial charge on any atom is -0.489 e. The molecule has 2 aromatic rings. The van der Waals surface area contributed by atoms with Crippen molar-refractivity contribution >= 4 is 28.9 Å². The molecule has 5 nitrogen and oxygen atoms in total. The molecule has 124 valence electrons. The third-order valence-corrected chi connectivity index (χ3v) is 4.48. The highest BCUT2D eigenvalue weighted by molar-refractivity contribution is 6.35. The fourth-order valence-corrected chi connectivity index (χ4v) is 3.16. The highest BCUT2D eigenvalue weighted by Crippen LogP contribution is 2.39. The van der Waals surface area contributed by atoms with Crippen molar-refractivity contribution in [2.75, 3.05) is 30.0 Å². The Hall–Kier alpha value is -2.47. The maximum absolute atomic E-state index is 13.4. The lowest BCUT2D eigenvalue weighted by Gasteiger charge is -2.32. The molecule has 4 rings (SSSR count). The monoisotopic (exact) mass is 348 g/mol. The van der Waals surface area contributed by atoms with Gasteiger partial charge in [-0.2, -0.15) is 0 Å². The van der Waals surface area contributed by atoms with E-state index in [2.05, 4.69) is 10.2 Å². The van der Waals surface area contributed by atoms with E-state index in [1.54, 1.807) is 12.1 Å². The maximum atomic E-state index is 13.4. The van der Waals surface area contributed by atoms with Gasteiger partial charge in [-0.25, -0.2) is 4.39 Å². The van der Waals surface area contributed by atoms with Gasteiger partial charge in [-0.1, -0.05) is 17.7 Å². The number of rotatable bonds is 2. The number of halogens is 2. The second kappa shape index (κ2) is 5.87. The van der Waals surface area contributed by atoms with Crippen molar-refractivity contribution in [3.8, 4) is 11.5 Å². The Morgan fingerprint density at radius 3 is 2.96 bits per heavy atom. The Morgan fingerprint density at radius 1 is 1.21 bits per heavy atom. The lowest BCUT2D eigenvalue weighted by molar-refractivity contribution is -0.118. The molecule has 0 saturated carbocycles. The van der Waals surface area contributed by atoms with Gasteiger partial charge in [0.25, 0.3) is 5.91 Å². The van der Waals surface area contributed by atoms with Crippen LogP contribution in [0, 0.1) is 5.82 Å². The summed E-state index contributed by atoms with van der Waals surface area (Å²) in [5, 5.41) is 3.20. The maximum Gasteiger partial charge on any atom is 0.262 e. The summed E-state index contributed by atoms with van der Waals surface area (Å²) in [7, 11) is 0. The molecule has 0 aromatic heterocycles. The van der Waals surface area contributed by atoms with Gasteiger partial charge in [-0.15, -0.1) is 0 Å². The number of fused-ring (bicyclic) bond motifs is 2. The van der Waals surface area contributed by atoms with Gasteiger partial charge in [0.2, 0.25) is 0 Å². The number of carbonyl (C=O) groups excluding carboxylic acids is 1. The minimum absolute atomic E-state index is 0.00885. The van der Waals surface area contributed by atoms with Crippen LogP contribution in [-0.4, -0.2) is 25.7 Å². The van der Waals surface area contributed by atoms with Crippen LogP contribution in [0.4, 0.5) is 15.8 Å². The van der Waals surface area contributed by atoms with Gasteiger partial charge in [-0.3, -0.25) is 4.79 Å². The molecule has 0 aliphatic carbocycles. The first-order chi connectivity index (χ1) is 11.6. The number of amides is 1. The molecule has 0 unspecified atom stereocenters. The Morgan fingerprint density at radius 2 is 2.08 bits per heavy atom. The second-order valence-electron chi connectivity index (χ2n) is 5.63. The molecule has 0 saturated heterocycles. The third-order valence-electron chi connectivity index (χ3n) is 4.05. The molecule has 2 aromatic carbocycles. The van der Waals surface area contributed by atoms with Crippen molar-refractivity contribution in [3.63, 3.8) is 0 Å². The average Bonchev–Trinajstić information content (AvgIpc) is 2.58. The molecule has 2 heterocycles. The first-order valence-electron chi connectivity index (χ1n) is 7.53. The smallest absolute Gasteiger partial charge is 0.262 e. The van der Waals surface area contributed by atoms with E-state index >= 15 is 0 Å². The SMILES string of the molecule is O=C1COc2ccc(CN3CCOc4cc(F)ccc43)c(Cl)c2N1. The molecule has 0 spiro atoms. The summed E-state index contributed by atoms with van der Waals surface area (Å²) in [6, 6.07) is 8.15. The van der Waals surface area contributed by atoms with Crippen molar-refractivity contribution in [1.29, 1.82) is 0 Å². The molecule has 1 amide bonds. The van der Waals surface area contributed by atoms with Crippen LogP contribution < -0.4 is 19.7 Å². The fraction of sp³-hybridized carbons (Fsp3) is 0.235. The summed E-state index contributed by atoms with van der Waals surface area (Å²) in [5.41, 5.74) is 2.16. The molecular formula is C17H14ClFN2O3. The number of carbonyl (C=O) groups is 1. The van der Waals surface area contributed by atoms with E-state index in [1.165, 1.54) is 12.1 Å². The van der Waals surface area contributed by atoms with Crippen LogP contribution in [0.1, 0.15) is 5.56 Å². The number of benzene rings is 2. The topological polar surface area (TPSA) is 50.8 Å². The van der Waals surface area contributed by atoms with E-state index in [-0.39, 0.29) is 18.3 Å². The number of hydrogen-bond acceptors (Lipinski definition) is 4. The molecule has 7 heteroatoms. The lowest BCUT2D eigenvalue weighted by atomic mass is 10.1. The zero-order chi connectivity index (χ0) is 16.7. The van der Waals surface area contributed by atoms with E-state index in [1.807, 2.05) is 6.07 Å². The summed E-state index contributed by atoms with van der Waals surface area (Å²) in [4.78, 5) is 13.6. The first kappa shape index (κ1) is 15.1.